The number of fused-ring (bicyclic) bond motifs is 1. The summed E-state index contributed by atoms with van der Waals surface area (Å²) in [5.74, 6) is -0.751. The molecule has 3 rings (SSSR count). The minimum absolute atomic E-state index is 0.0335. The molecular formula is C22H28ClFN4O2S. The Balaban J connectivity index is 2.22. The minimum Gasteiger partial charge on any atom is -0.381 e. The fraction of sp³-hybridized carbons (Fsp3) is 0.409. The van der Waals surface area contributed by atoms with Crippen molar-refractivity contribution < 1.29 is 12.8 Å². The first-order valence-corrected chi connectivity index (χ1v) is 11.9. The molecule has 1 aromatic heterocycles. The predicted molar refractivity (Wildman–Crippen MR) is 122 cm³/mol. The van der Waals surface area contributed by atoms with Crippen LogP contribution in [-0.4, -0.2) is 43.7 Å². The van der Waals surface area contributed by atoms with Crippen LogP contribution in [0.5, 0.6) is 0 Å². The molecule has 1 aliphatic rings. The highest BCUT2D eigenvalue weighted by atomic mass is 35.5. The van der Waals surface area contributed by atoms with Crippen molar-refractivity contribution in [2.45, 2.75) is 49.8 Å². The van der Waals surface area contributed by atoms with Crippen LogP contribution in [0.25, 0.3) is 5.70 Å². The third-order valence-corrected chi connectivity index (χ3v) is 7.97. The summed E-state index contributed by atoms with van der Waals surface area (Å²) in [6.07, 6.45) is 1.95. The lowest BCUT2D eigenvalue weighted by Crippen LogP contribution is -2.17. The Morgan fingerprint density at radius 2 is 1.90 bits per heavy atom. The van der Waals surface area contributed by atoms with Crippen molar-refractivity contribution in [2.24, 2.45) is 0 Å². The molecule has 31 heavy (non-hydrogen) atoms. The number of hydrogen-bond acceptors (Lipinski definition) is 5. The van der Waals surface area contributed by atoms with Gasteiger partial charge in [-0.2, -0.15) is 0 Å². The van der Waals surface area contributed by atoms with E-state index in [1.807, 2.05) is 21.0 Å². The van der Waals surface area contributed by atoms with E-state index in [1.165, 1.54) is 17.2 Å². The number of sulfone groups is 1. The van der Waals surface area contributed by atoms with Crippen molar-refractivity contribution in [2.75, 3.05) is 26.4 Å². The first-order chi connectivity index (χ1) is 14.4. The van der Waals surface area contributed by atoms with Gasteiger partial charge in [-0.3, -0.25) is 0 Å². The SMILES string of the molecule is C/C1=C(CCN(C)C)/C(C)=C(\C)CCc2c(S(=O)(=O)c3ccc(F)c(Cl)c3)c(N)nn21. The Labute approximate surface area is 188 Å². The van der Waals surface area contributed by atoms with E-state index in [0.29, 0.717) is 18.5 Å². The largest absolute Gasteiger partial charge is 0.381 e. The molecule has 0 bridgehead atoms. The molecular weight excluding hydrogens is 439 g/mol. The molecule has 0 amide bonds. The molecule has 0 radical (unpaired) electrons. The number of aromatic nitrogens is 2. The van der Waals surface area contributed by atoms with Crippen molar-refractivity contribution in [3.05, 3.63) is 51.5 Å². The number of hydrogen-bond donors (Lipinski definition) is 1. The fourth-order valence-electron chi connectivity index (χ4n) is 3.86. The molecule has 2 aromatic rings. The summed E-state index contributed by atoms with van der Waals surface area (Å²) >= 11 is 5.84. The topological polar surface area (TPSA) is 81.2 Å². The molecule has 0 saturated carbocycles. The molecule has 0 atom stereocenters. The number of rotatable bonds is 5. The van der Waals surface area contributed by atoms with Crippen LogP contribution in [0.2, 0.25) is 5.02 Å². The van der Waals surface area contributed by atoms with Gasteiger partial charge in [0.05, 0.1) is 15.6 Å². The lowest BCUT2D eigenvalue weighted by molar-refractivity contribution is 0.413. The van der Waals surface area contributed by atoms with Crippen LogP contribution < -0.4 is 5.73 Å². The average molecular weight is 467 g/mol. The van der Waals surface area contributed by atoms with Gasteiger partial charge in [0.15, 0.2) is 5.82 Å². The Hall–Kier alpha value is -2.16. The highest BCUT2D eigenvalue weighted by Gasteiger charge is 2.31. The van der Waals surface area contributed by atoms with Gasteiger partial charge in [-0.15, -0.1) is 5.10 Å². The van der Waals surface area contributed by atoms with E-state index >= 15 is 0 Å². The van der Waals surface area contributed by atoms with Gasteiger partial charge >= 0.3 is 0 Å². The second kappa shape index (κ2) is 8.76. The molecule has 6 nitrogen and oxygen atoms in total. The summed E-state index contributed by atoms with van der Waals surface area (Å²) in [7, 11) is -0.0102. The second-order valence-electron chi connectivity index (χ2n) is 8.17. The molecule has 1 aromatic carbocycles. The summed E-state index contributed by atoms with van der Waals surface area (Å²) in [4.78, 5) is 1.96. The van der Waals surface area contributed by atoms with Gasteiger partial charge in [-0.25, -0.2) is 17.5 Å². The third-order valence-electron chi connectivity index (χ3n) is 5.82. The molecule has 1 aliphatic heterocycles. The van der Waals surface area contributed by atoms with Gasteiger partial charge in [0.2, 0.25) is 9.84 Å². The standard InChI is InChI=1S/C22H28ClFN4O2S/c1-13-6-9-20-21(31(29,30)16-7-8-19(24)18(23)12-16)22(25)26-28(20)15(3)17(14(13)2)10-11-27(4)5/h7-8,12H,6,9-11H2,1-5H3,(H2,25,26)/b14-13+,17-15-. The lowest BCUT2D eigenvalue weighted by atomic mass is 9.93. The van der Waals surface area contributed by atoms with Crippen LogP contribution >= 0.6 is 11.6 Å². The van der Waals surface area contributed by atoms with E-state index in [9.17, 15) is 12.8 Å². The number of allylic oxidation sites excluding steroid dienone is 3. The molecule has 2 heterocycles. The van der Waals surface area contributed by atoms with Gasteiger partial charge in [0, 0.05) is 12.2 Å². The highest BCUT2D eigenvalue weighted by Crippen LogP contribution is 2.37. The zero-order chi connectivity index (χ0) is 23.1. The first kappa shape index (κ1) is 23.5. The van der Waals surface area contributed by atoms with Crippen molar-refractivity contribution in [1.29, 1.82) is 0 Å². The monoisotopic (exact) mass is 466 g/mol. The minimum atomic E-state index is -4.04. The molecule has 2 N–H and O–H groups in total. The maximum atomic E-state index is 13.6. The van der Waals surface area contributed by atoms with E-state index in [0.717, 1.165) is 36.4 Å². The number of anilines is 1. The molecule has 9 heteroatoms. The van der Waals surface area contributed by atoms with Crippen molar-refractivity contribution in [3.63, 3.8) is 0 Å². The van der Waals surface area contributed by atoms with Crippen LogP contribution in [0.3, 0.4) is 0 Å². The van der Waals surface area contributed by atoms with Crippen molar-refractivity contribution in [1.82, 2.24) is 14.7 Å². The van der Waals surface area contributed by atoms with E-state index in [-0.39, 0.29) is 20.6 Å². The van der Waals surface area contributed by atoms with Gasteiger partial charge in [-0.1, -0.05) is 17.2 Å². The summed E-state index contributed by atoms with van der Waals surface area (Å²) < 4.78 is 42.2. The van der Waals surface area contributed by atoms with Crippen molar-refractivity contribution >= 4 is 33.0 Å². The smallest absolute Gasteiger partial charge is 0.212 e. The van der Waals surface area contributed by atoms with Crippen LogP contribution in [0.15, 0.2) is 44.7 Å². The van der Waals surface area contributed by atoms with E-state index in [1.54, 1.807) is 4.68 Å². The number of benzene rings is 1. The Bertz CT molecular complexity index is 1200. The molecule has 0 aliphatic carbocycles. The normalized spacial score (nSPS) is 20.0. The summed E-state index contributed by atoms with van der Waals surface area (Å²) in [5, 5.41) is 4.16. The number of nitrogens with zero attached hydrogens (tertiary/aromatic N) is 3. The summed E-state index contributed by atoms with van der Waals surface area (Å²) in [6, 6.07) is 3.35. The van der Waals surface area contributed by atoms with Crippen LogP contribution in [-0.2, 0) is 16.3 Å². The quantitative estimate of drug-likeness (QED) is 0.653. The zero-order valence-electron chi connectivity index (χ0n) is 18.5. The van der Waals surface area contributed by atoms with Gasteiger partial charge in [0.25, 0.3) is 0 Å². The molecule has 0 spiro atoms. The van der Waals surface area contributed by atoms with E-state index in [4.69, 9.17) is 17.3 Å². The zero-order valence-corrected chi connectivity index (χ0v) is 20.0. The second-order valence-corrected chi connectivity index (χ2v) is 10.5. The molecule has 0 fully saturated rings. The van der Waals surface area contributed by atoms with Gasteiger partial charge in [-0.05, 0) is 83.5 Å². The van der Waals surface area contributed by atoms with Crippen LogP contribution in [0.1, 0.15) is 39.3 Å². The summed E-state index contributed by atoms with van der Waals surface area (Å²) in [6.45, 7) is 6.96. The highest BCUT2D eigenvalue weighted by molar-refractivity contribution is 7.91. The summed E-state index contributed by atoms with van der Waals surface area (Å²) in [5.41, 5.74) is 11.1. The molecule has 0 saturated heterocycles. The van der Waals surface area contributed by atoms with E-state index < -0.39 is 15.7 Å². The first-order valence-electron chi connectivity index (χ1n) is 10.0. The Morgan fingerprint density at radius 3 is 2.52 bits per heavy atom. The number of halogens is 2. The van der Waals surface area contributed by atoms with Crippen LogP contribution in [0.4, 0.5) is 10.2 Å². The average Bonchev–Trinajstić information content (AvgIpc) is 3.03. The van der Waals surface area contributed by atoms with Crippen LogP contribution in [0, 0.1) is 5.82 Å². The number of nitrogen functional groups attached to an aromatic ring is 1. The Kier molecular flexibility index (Phi) is 6.64. The van der Waals surface area contributed by atoms with E-state index in [2.05, 4.69) is 23.8 Å². The maximum Gasteiger partial charge on any atom is 0.212 e. The number of nitrogens with two attached hydrogens (primary N) is 1. The van der Waals surface area contributed by atoms with Crippen molar-refractivity contribution in [3.8, 4) is 0 Å². The third kappa shape index (κ3) is 4.42. The lowest BCUT2D eigenvalue weighted by Gasteiger charge is -2.22. The molecule has 168 valence electrons. The Morgan fingerprint density at radius 1 is 1.23 bits per heavy atom. The molecule has 0 unspecified atom stereocenters. The van der Waals surface area contributed by atoms with Gasteiger partial charge < -0.3 is 10.6 Å². The fourth-order valence-corrected chi connectivity index (χ4v) is 5.68. The maximum absolute atomic E-state index is 13.6. The van der Waals surface area contributed by atoms with Gasteiger partial charge in [0.1, 0.15) is 10.7 Å². The predicted octanol–water partition coefficient (Wildman–Crippen LogP) is 4.56.